The van der Waals surface area contributed by atoms with E-state index in [-0.39, 0.29) is 43.6 Å². The first-order chi connectivity index (χ1) is 30.1. The molecule has 0 aromatic rings. The predicted molar refractivity (Wildman–Crippen MR) is 248 cm³/mol. The van der Waals surface area contributed by atoms with Gasteiger partial charge >= 0.3 is 5.97 Å². The highest BCUT2D eigenvalue weighted by molar-refractivity contribution is 7.98. The van der Waals surface area contributed by atoms with Gasteiger partial charge in [0.1, 0.15) is 48.3 Å². The van der Waals surface area contributed by atoms with E-state index >= 15 is 0 Å². The van der Waals surface area contributed by atoms with Crippen molar-refractivity contribution in [3.63, 3.8) is 0 Å². The molecule has 1 aliphatic heterocycles. The van der Waals surface area contributed by atoms with Gasteiger partial charge in [0.05, 0.1) is 12.1 Å². The van der Waals surface area contributed by atoms with E-state index in [1.807, 2.05) is 34.0 Å². The quantitative estimate of drug-likeness (QED) is 0.0520. The summed E-state index contributed by atoms with van der Waals surface area (Å²) in [4.78, 5) is 121. The van der Waals surface area contributed by atoms with Gasteiger partial charge < -0.3 is 58.1 Å². The van der Waals surface area contributed by atoms with Gasteiger partial charge in [-0.2, -0.15) is 11.8 Å². The van der Waals surface area contributed by atoms with Crippen LogP contribution in [0.2, 0.25) is 0 Å². The van der Waals surface area contributed by atoms with E-state index in [1.165, 1.54) is 30.5 Å². The zero-order chi connectivity index (χ0) is 50.0. The van der Waals surface area contributed by atoms with E-state index in [0.717, 1.165) is 0 Å². The minimum absolute atomic E-state index is 0.0402. The zero-order valence-corrected chi connectivity index (χ0v) is 41.4. The van der Waals surface area contributed by atoms with Gasteiger partial charge in [0.15, 0.2) is 0 Å². The van der Waals surface area contributed by atoms with Crippen molar-refractivity contribution in [2.75, 3.05) is 18.6 Å². The molecule has 1 fully saturated rings. The molecule has 1 saturated heterocycles. The molecule has 0 spiro atoms. The Morgan fingerprint density at radius 2 is 1.06 bits per heavy atom. The third-order valence-corrected chi connectivity index (χ3v) is 11.7. The molecule has 21 heteroatoms. The maximum atomic E-state index is 13.8. The fourth-order valence-corrected chi connectivity index (χ4v) is 7.61. The van der Waals surface area contributed by atoms with Crippen molar-refractivity contribution in [2.45, 2.75) is 176 Å². The van der Waals surface area contributed by atoms with Gasteiger partial charge in [-0.15, -0.1) is 0 Å². The second-order valence-corrected chi connectivity index (χ2v) is 19.9. The number of thioether (sulfide) groups is 1. The summed E-state index contributed by atoms with van der Waals surface area (Å²) in [6.45, 7) is 20.4. The van der Waals surface area contributed by atoms with Crippen molar-refractivity contribution in [1.29, 1.82) is 0 Å². The number of nitrogens with two attached hydrogens (primary N) is 1. The molecule has 65 heavy (non-hydrogen) atoms. The number of likely N-dealkylation sites (tertiary alicyclic amines) is 1. The van der Waals surface area contributed by atoms with E-state index in [2.05, 4.69) is 37.2 Å². The number of carboxylic acids is 1. The molecule has 20 nitrogen and oxygen atoms in total. The highest BCUT2D eigenvalue weighted by Gasteiger charge is 2.40. The van der Waals surface area contributed by atoms with E-state index in [4.69, 9.17) is 5.73 Å². The average molecular weight is 942 g/mol. The second-order valence-electron chi connectivity index (χ2n) is 18.9. The summed E-state index contributed by atoms with van der Waals surface area (Å²) < 4.78 is 0. The molecule has 1 heterocycles. The number of amides is 8. The maximum Gasteiger partial charge on any atom is 0.326 e. The molecule has 0 aromatic carbocycles. The van der Waals surface area contributed by atoms with Crippen LogP contribution < -0.4 is 43.0 Å². The van der Waals surface area contributed by atoms with Crippen molar-refractivity contribution in [3.8, 4) is 0 Å². The van der Waals surface area contributed by atoms with Crippen molar-refractivity contribution >= 4 is 65.0 Å². The summed E-state index contributed by atoms with van der Waals surface area (Å²) in [7, 11) is 0. The van der Waals surface area contributed by atoms with Crippen LogP contribution in [0.5, 0.6) is 0 Å². The number of hydrogen-bond donors (Lipinski definition) is 10. The van der Waals surface area contributed by atoms with Crippen LogP contribution in [0.1, 0.15) is 115 Å². The molecule has 0 aliphatic carbocycles. The van der Waals surface area contributed by atoms with E-state index in [1.54, 1.807) is 41.5 Å². The lowest BCUT2D eigenvalue weighted by molar-refractivity contribution is -0.143. The second kappa shape index (κ2) is 27.9. The number of rotatable bonds is 27. The van der Waals surface area contributed by atoms with E-state index < -0.39 is 126 Å². The predicted octanol–water partition coefficient (Wildman–Crippen LogP) is -0.00310. The third-order valence-electron chi connectivity index (χ3n) is 11.1. The lowest BCUT2D eigenvalue weighted by Crippen LogP contribution is -2.63. The molecule has 372 valence electrons. The number of aliphatic carboxylic acids is 1. The minimum Gasteiger partial charge on any atom is -0.480 e. The molecule has 10 atom stereocenters. The third kappa shape index (κ3) is 19.1. The number of carbonyl (C=O) groups excluding carboxylic acids is 8. The Bertz CT molecular complexity index is 1640. The number of carboxylic acid groups (broad SMARTS) is 1. The number of nitrogens with zero attached hydrogens (tertiary/aromatic N) is 1. The first-order valence-electron chi connectivity index (χ1n) is 22.7. The van der Waals surface area contributed by atoms with Gasteiger partial charge in [0.25, 0.3) is 0 Å². The lowest BCUT2D eigenvalue weighted by atomic mass is 9.98. The number of aliphatic hydroxyl groups excluding tert-OH is 1. The number of hydrogen-bond acceptors (Lipinski definition) is 12. The lowest BCUT2D eigenvalue weighted by Gasteiger charge is -2.31. The Labute approximate surface area is 389 Å². The first-order valence-corrected chi connectivity index (χ1v) is 24.1. The number of carbonyl (C=O) groups is 9. The van der Waals surface area contributed by atoms with Crippen LogP contribution in [0.3, 0.4) is 0 Å². The summed E-state index contributed by atoms with van der Waals surface area (Å²) in [6, 6.07) is -10.3. The molecule has 0 unspecified atom stereocenters. The summed E-state index contributed by atoms with van der Waals surface area (Å²) in [6.07, 6.45) is 1.72. The van der Waals surface area contributed by atoms with Crippen LogP contribution in [-0.2, 0) is 43.2 Å². The topological polar surface area (TPSA) is 308 Å². The zero-order valence-electron chi connectivity index (χ0n) is 40.6. The van der Waals surface area contributed by atoms with E-state index in [9.17, 15) is 53.4 Å². The van der Waals surface area contributed by atoms with Crippen LogP contribution in [0.15, 0.2) is 0 Å². The normalized spacial score (nSPS) is 18.2. The van der Waals surface area contributed by atoms with Crippen molar-refractivity contribution in [1.82, 2.24) is 42.1 Å². The fraction of sp³-hybridized carbons (Fsp3) is 0.795. The van der Waals surface area contributed by atoms with Crippen LogP contribution in [0, 0.1) is 29.6 Å². The van der Waals surface area contributed by atoms with Crippen molar-refractivity contribution in [2.24, 2.45) is 35.3 Å². The standard InChI is InChI=1S/C44H79N9O11S/c1-21(2)19-29(37(56)49-30(44(63)64)20-22(3)4)48-40(59)33(24(7)8)51-42(61)35(27(12)54)52-41(60)34(25(9)10)50-38(57)31-15-14-17-53(31)43(62)26(11)46-36(55)28(16-18-65-13)47-39(58)32(45)23(5)6/h21-35,54H,14-20,45H2,1-13H3,(H,46,55)(H,47,58)(H,48,59)(H,49,56)(H,50,57)(H,51,61)(H,52,60)(H,63,64)/t26-,27+,28-,29-,30-,31-,32-,33-,34-,35-/m0/s1. The van der Waals surface area contributed by atoms with Crippen LogP contribution in [0.25, 0.3) is 0 Å². The van der Waals surface area contributed by atoms with Crippen molar-refractivity contribution < 1.29 is 53.4 Å². The Hall–Kier alpha value is -4.50. The number of nitrogens with one attached hydrogen (secondary N) is 7. The van der Waals surface area contributed by atoms with Gasteiger partial charge in [0, 0.05) is 6.54 Å². The Kier molecular flexibility index (Phi) is 25.1. The van der Waals surface area contributed by atoms with Crippen LogP contribution in [-0.4, -0.2) is 147 Å². The average Bonchev–Trinajstić information content (AvgIpc) is 3.70. The van der Waals surface area contributed by atoms with Gasteiger partial charge in [-0.25, -0.2) is 4.79 Å². The molecule has 0 saturated carbocycles. The molecule has 0 bridgehead atoms. The summed E-state index contributed by atoms with van der Waals surface area (Å²) >= 11 is 1.48. The molecule has 0 radical (unpaired) electrons. The molecule has 0 aromatic heterocycles. The molecular weight excluding hydrogens is 863 g/mol. The maximum absolute atomic E-state index is 13.8. The van der Waals surface area contributed by atoms with Gasteiger partial charge in [0.2, 0.25) is 47.3 Å². The Morgan fingerprint density at radius 1 is 0.600 bits per heavy atom. The molecule has 1 rings (SSSR count). The highest BCUT2D eigenvalue weighted by Crippen LogP contribution is 2.20. The highest BCUT2D eigenvalue weighted by atomic mass is 32.2. The Balaban J connectivity index is 3.17. The van der Waals surface area contributed by atoms with Gasteiger partial charge in [-0.1, -0.05) is 69.2 Å². The first kappa shape index (κ1) is 58.5. The van der Waals surface area contributed by atoms with Crippen molar-refractivity contribution in [3.05, 3.63) is 0 Å². The van der Waals surface area contributed by atoms with Gasteiger partial charge in [-0.05, 0) is 87.5 Å². The Morgan fingerprint density at radius 3 is 1.55 bits per heavy atom. The summed E-state index contributed by atoms with van der Waals surface area (Å²) in [5.41, 5.74) is 5.99. The minimum atomic E-state index is -1.60. The molecular formula is C44H79N9O11S. The molecule has 8 amide bonds. The van der Waals surface area contributed by atoms with Crippen LogP contribution in [0.4, 0.5) is 0 Å². The summed E-state index contributed by atoms with van der Waals surface area (Å²) in [5, 5.41) is 38.7. The fourth-order valence-electron chi connectivity index (χ4n) is 7.14. The van der Waals surface area contributed by atoms with Gasteiger partial charge in [-0.3, -0.25) is 38.4 Å². The SMILES string of the molecule is CSCC[C@H](NC(=O)[C@@H](N)C(C)C)C(=O)N[C@@H](C)C(=O)N1CCC[C@H]1C(=O)N[C@H](C(=O)N[C@H](C(=O)N[C@H](C(=O)N[C@@H](CC(C)C)C(=O)N[C@@H](CC(C)C)C(=O)O)C(C)C)[C@@H](C)O)C(C)C. The monoisotopic (exact) mass is 942 g/mol. The largest absolute Gasteiger partial charge is 0.480 e. The smallest absolute Gasteiger partial charge is 0.326 e. The van der Waals surface area contributed by atoms with E-state index in [0.29, 0.717) is 18.6 Å². The summed E-state index contributed by atoms with van der Waals surface area (Å²) in [5.74, 6) is -7.52. The van der Waals surface area contributed by atoms with Crippen LogP contribution >= 0.6 is 11.8 Å². The molecule has 11 N–H and O–H groups in total. The number of aliphatic hydroxyl groups is 1. The molecule has 1 aliphatic rings.